The average Bonchev–Trinajstić information content (AvgIpc) is 3.44. The first-order chi connectivity index (χ1) is 14.5. The molecule has 0 spiro atoms. The van der Waals surface area contributed by atoms with Crippen LogP contribution in [-0.2, 0) is 16.1 Å². The fourth-order valence-electron chi connectivity index (χ4n) is 3.96. The van der Waals surface area contributed by atoms with E-state index in [1.54, 1.807) is 17.4 Å². The summed E-state index contributed by atoms with van der Waals surface area (Å²) in [6.45, 7) is 4.15. The zero-order valence-corrected chi connectivity index (χ0v) is 17.7. The van der Waals surface area contributed by atoms with Crippen LogP contribution in [0.5, 0.6) is 0 Å². The van der Waals surface area contributed by atoms with Gasteiger partial charge >= 0.3 is 6.03 Å². The van der Waals surface area contributed by atoms with Crippen LogP contribution in [0.3, 0.4) is 0 Å². The molecule has 0 radical (unpaired) electrons. The van der Waals surface area contributed by atoms with Gasteiger partial charge < -0.3 is 29.9 Å². The third kappa shape index (κ3) is 9.73. The van der Waals surface area contributed by atoms with Crippen molar-refractivity contribution < 1.29 is 24.6 Å². The second-order valence-electron chi connectivity index (χ2n) is 7.56. The van der Waals surface area contributed by atoms with Gasteiger partial charge in [-0.2, -0.15) is 0 Å². The van der Waals surface area contributed by atoms with Crippen LogP contribution in [0.25, 0.3) is 0 Å². The lowest BCUT2D eigenvalue weighted by Gasteiger charge is -2.31. The van der Waals surface area contributed by atoms with Crippen LogP contribution in [0.2, 0.25) is 0 Å². The van der Waals surface area contributed by atoms with Gasteiger partial charge in [-0.05, 0) is 31.7 Å². The number of amides is 2. The van der Waals surface area contributed by atoms with Crippen molar-refractivity contribution in [2.45, 2.75) is 51.1 Å². The molecule has 30 heavy (non-hydrogen) atoms. The molecule has 170 valence electrons. The molecule has 0 bridgehead atoms. The summed E-state index contributed by atoms with van der Waals surface area (Å²) in [7, 11) is 1.86. The largest absolute Gasteiger partial charge is 0.483 e. The lowest BCUT2D eigenvalue weighted by Crippen LogP contribution is -2.41. The molecule has 10 nitrogen and oxygen atoms in total. The van der Waals surface area contributed by atoms with E-state index < -0.39 is 0 Å². The van der Waals surface area contributed by atoms with Crippen molar-refractivity contribution in [2.75, 3.05) is 33.2 Å². The molecule has 3 N–H and O–H groups in total. The van der Waals surface area contributed by atoms with Crippen LogP contribution < -0.4 is 5.32 Å². The molecule has 1 aliphatic carbocycles. The number of nitrogens with one attached hydrogen (secondary N) is 1. The van der Waals surface area contributed by atoms with Crippen LogP contribution in [0.15, 0.2) is 18.7 Å². The van der Waals surface area contributed by atoms with Crippen LogP contribution in [0.1, 0.15) is 38.5 Å². The Bertz CT molecular complexity index is 586. The Morgan fingerprint density at radius 2 is 1.87 bits per heavy atom. The Morgan fingerprint density at radius 1 is 1.20 bits per heavy atom. The summed E-state index contributed by atoms with van der Waals surface area (Å²) < 4.78 is 1.99. The average molecular weight is 426 g/mol. The summed E-state index contributed by atoms with van der Waals surface area (Å²) in [5.74, 6) is 0.609. The minimum atomic E-state index is -0.250. The van der Waals surface area contributed by atoms with E-state index in [9.17, 15) is 4.79 Å². The molecular weight excluding hydrogens is 390 g/mol. The number of hydrogen-bond donors (Lipinski definition) is 3. The highest BCUT2D eigenvalue weighted by molar-refractivity contribution is 5.73. The van der Waals surface area contributed by atoms with E-state index >= 15 is 0 Å². The maximum absolute atomic E-state index is 12.2. The molecule has 1 saturated heterocycles. The first-order valence-electron chi connectivity index (χ1n) is 10.4. The van der Waals surface area contributed by atoms with E-state index in [4.69, 9.17) is 19.8 Å². The molecule has 10 heteroatoms. The van der Waals surface area contributed by atoms with E-state index in [0.717, 1.165) is 25.7 Å². The number of carboxylic acid groups (broad SMARTS) is 2. The summed E-state index contributed by atoms with van der Waals surface area (Å²) in [5, 5.41) is 16.9. The zero-order chi connectivity index (χ0) is 22.2. The number of aromatic nitrogens is 2. The quantitative estimate of drug-likeness (QED) is 0.590. The van der Waals surface area contributed by atoms with E-state index in [0.29, 0.717) is 12.5 Å². The van der Waals surface area contributed by atoms with Crippen molar-refractivity contribution in [3.63, 3.8) is 0 Å². The number of hydrogen-bond acceptors (Lipinski definition) is 5. The lowest BCUT2D eigenvalue weighted by atomic mass is 9.94. The molecule has 1 saturated carbocycles. The summed E-state index contributed by atoms with van der Waals surface area (Å²) >= 11 is 0. The topological polar surface area (TPSA) is 128 Å². The van der Waals surface area contributed by atoms with Crippen molar-refractivity contribution >= 4 is 19.0 Å². The Morgan fingerprint density at radius 3 is 2.47 bits per heavy atom. The number of likely N-dealkylation sites (tertiary alicyclic amines) is 1. The first kappa shape index (κ1) is 25.4. The van der Waals surface area contributed by atoms with E-state index in [1.165, 1.54) is 45.1 Å². The highest BCUT2D eigenvalue weighted by Gasteiger charge is 2.29. The fraction of sp³-hybridized carbons (Fsp3) is 0.700. The van der Waals surface area contributed by atoms with Crippen molar-refractivity contribution in [1.29, 1.82) is 0 Å². The summed E-state index contributed by atoms with van der Waals surface area (Å²) in [5.41, 5.74) is 0. The molecule has 1 aliphatic heterocycles. The molecule has 1 unspecified atom stereocenters. The summed E-state index contributed by atoms with van der Waals surface area (Å²) in [6.07, 6.45) is 13.6. The second-order valence-corrected chi connectivity index (χ2v) is 7.56. The van der Waals surface area contributed by atoms with Crippen molar-refractivity contribution in [2.24, 2.45) is 5.92 Å². The monoisotopic (exact) mass is 425 g/mol. The number of likely N-dealkylation sites (N-methyl/N-ethyl adjacent to an activating group) is 1. The molecule has 1 atom stereocenters. The predicted molar refractivity (Wildman–Crippen MR) is 112 cm³/mol. The second kappa shape index (κ2) is 15.3. The predicted octanol–water partition coefficient (Wildman–Crippen LogP) is 1.58. The smallest absolute Gasteiger partial charge is 0.317 e. The van der Waals surface area contributed by atoms with Crippen molar-refractivity contribution in [1.82, 2.24) is 24.7 Å². The van der Waals surface area contributed by atoms with Gasteiger partial charge in [0.15, 0.2) is 0 Å². The van der Waals surface area contributed by atoms with Crippen LogP contribution >= 0.6 is 0 Å². The van der Waals surface area contributed by atoms with Crippen molar-refractivity contribution in [3.8, 4) is 0 Å². The molecule has 2 aliphatic rings. The van der Waals surface area contributed by atoms with Gasteiger partial charge in [-0.25, -0.2) is 9.78 Å². The highest BCUT2D eigenvalue weighted by Crippen LogP contribution is 2.27. The first-order valence-corrected chi connectivity index (χ1v) is 10.4. The highest BCUT2D eigenvalue weighted by atomic mass is 16.3. The zero-order valence-electron chi connectivity index (χ0n) is 17.7. The molecule has 2 heterocycles. The number of urea groups is 1. The minimum absolute atomic E-state index is 0.0335. The Labute approximate surface area is 177 Å². The Balaban J connectivity index is 0.000000672. The number of nitrogens with zero attached hydrogens (tertiary/aromatic N) is 4. The third-order valence-corrected chi connectivity index (χ3v) is 5.55. The molecule has 0 aromatic carbocycles. The Hall–Kier alpha value is -2.62. The SMILES string of the molecule is CN(CCn1ccnc1)C(=O)NCC1CCN(C2CCCCC2)C1.O=CO.O=CO. The third-order valence-electron chi connectivity index (χ3n) is 5.55. The molecule has 1 aromatic heterocycles. The van der Waals surface area contributed by atoms with Gasteiger partial charge in [0.2, 0.25) is 0 Å². The van der Waals surface area contributed by atoms with Crippen LogP contribution in [0, 0.1) is 5.92 Å². The number of carbonyl (C=O) groups is 3. The number of rotatable bonds is 6. The van der Waals surface area contributed by atoms with Gasteiger partial charge in [0.1, 0.15) is 0 Å². The van der Waals surface area contributed by atoms with E-state index in [-0.39, 0.29) is 19.0 Å². The van der Waals surface area contributed by atoms with Gasteiger partial charge in [0.25, 0.3) is 12.9 Å². The number of carbonyl (C=O) groups excluding carboxylic acids is 1. The van der Waals surface area contributed by atoms with E-state index in [2.05, 4.69) is 15.2 Å². The standard InChI is InChI=1S/C18H31N5O.2CH2O2/c1-21(11-12-22-10-8-19-15-22)18(24)20-13-16-7-9-23(14-16)17-5-3-2-4-6-17;2*2-1-3/h8,10,15-17H,2-7,9,11-14H2,1H3,(H,20,24);2*1H,(H,2,3). The molecule has 2 fully saturated rings. The van der Waals surface area contributed by atoms with Crippen LogP contribution in [0.4, 0.5) is 4.79 Å². The summed E-state index contributed by atoms with van der Waals surface area (Å²) in [4.78, 5) is 37.4. The maximum Gasteiger partial charge on any atom is 0.317 e. The van der Waals surface area contributed by atoms with Crippen LogP contribution in [-0.4, -0.2) is 87.8 Å². The molecule has 2 amide bonds. The maximum atomic E-state index is 12.2. The normalized spacial score (nSPS) is 18.9. The van der Waals surface area contributed by atoms with Crippen molar-refractivity contribution in [3.05, 3.63) is 18.7 Å². The Kier molecular flexibility index (Phi) is 12.9. The fourth-order valence-corrected chi connectivity index (χ4v) is 3.96. The van der Waals surface area contributed by atoms with E-state index in [1.807, 2.05) is 17.8 Å². The van der Waals surface area contributed by atoms with Gasteiger partial charge in [-0.15, -0.1) is 0 Å². The van der Waals surface area contributed by atoms with Gasteiger partial charge in [0.05, 0.1) is 6.33 Å². The number of imidazole rings is 1. The van der Waals surface area contributed by atoms with Gasteiger partial charge in [-0.3, -0.25) is 9.59 Å². The molecule has 3 rings (SSSR count). The van der Waals surface area contributed by atoms with Gasteiger partial charge in [-0.1, -0.05) is 19.3 Å². The van der Waals surface area contributed by atoms with Gasteiger partial charge in [0, 0.05) is 51.7 Å². The summed E-state index contributed by atoms with van der Waals surface area (Å²) in [6, 6.07) is 0.837. The lowest BCUT2D eigenvalue weighted by molar-refractivity contribution is -0.123. The minimum Gasteiger partial charge on any atom is -0.483 e. The molecular formula is C20H35N5O5. The molecule has 1 aromatic rings.